The van der Waals surface area contributed by atoms with Crippen molar-refractivity contribution in [2.45, 2.75) is 18.7 Å². The van der Waals surface area contributed by atoms with Crippen molar-refractivity contribution < 1.29 is 0 Å². The van der Waals surface area contributed by atoms with Gasteiger partial charge in [0.05, 0.1) is 0 Å². The van der Waals surface area contributed by atoms with E-state index in [2.05, 4.69) is 13.3 Å². The molecule has 0 amide bonds. The summed E-state index contributed by atoms with van der Waals surface area (Å²) in [6.45, 7) is 2.06. The molecular formula is C5H8Cl. The molecule has 0 heterocycles. The summed E-state index contributed by atoms with van der Waals surface area (Å²) in [5.74, 6) is 0.742. The van der Waals surface area contributed by atoms with Crippen LogP contribution in [0.3, 0.4) is 0 Å². The molecule has 0 bridgehead atoms. The fourth-order valence-electron chi connectivity index (χ4n) is 0.526. The van der Waals surface area contributed by atoms with Gasteiger partial charge in [0.15, 0.2) is 0 Å². The van der Waals surface area contributed by atoms with Crippen LogP contribution in [0, 0.1) is 12.3 Å². The van der Waals surface area contributed by atoms with Gasteiger partial charge in [0.2, 0.25) is 0 Å². The van der Waals surface area contributed by atoms with Crippen LogP contribution in [0.15, 0.2) is 0 Å². The fourth-order valence-corrected chi connectivity index (χ4v) is 0.878. The quantitative estimate of drug-likeness (QED) is 0.445. The molecule has 1 radical (unpaired) electrons. The van der Waals surface area contributed by atoms with Gasteiger partial charge in [-0.05, 0) is 18.8 Å². The van der Waals surface area contributed by atoms with E-state index in [4.69, 9.17) is 11.6 Å². The highest BCUT2D eigenvalue weighted by molar-refractivity contribution is 6.22. The van der Waals surface area contributed by atoms with Crippen molar-refractivity contribution in [3.63, 3.8) is 0 Å². The van der Waals surface area contributed by atoms with Crippen molar-refractivity contribution >= 4 is 11.6 Å². The van der Waals surface area contributed by atoms with E-state index in [0.29, 0.717) is 5.38 Å². The SMILES string of the molecule is C[CH]C1CC1Cl. The number of halogens is 1. The predicted octanol–water partition coefficient (Wildman–Crippen LogP) is 1.84. The van der Waals surface area contributed by atoms with Crippen LogP contribution in [-0.4, -0.2) is 5.38 Å². The first-order valence-corrected chi connectivity index (χ1v) is 2.72. The molecule has 1 saturated carbocycles. The number of rotatable bonds is 1. The van der Waals surface area contributed by atoms with E-state index in [1.165, 1.54) is 6.42 Å². The maximum Gasteiger partial charge on any atom is 0.0370 e. The molecule has 0 spiro atoms. The molecule has 0 aromatic carbocycles. The Morgan fingerprint density at radius 1 is 1.83 bits per heavy atom. The van der Waals surface area contributed by atoms with Crippen LogP contribution in [0.25, 0.3) is 0 Å². The van der Waals surface area contributed by atoms with Crippen LogP contribution in [0.4, 0.5) is 0 Å². The van der Waals surface area contributed by atoms with E-state index < -0.39 is 0 Å². The van der Waals surface area contributed by atoms with Gasteiger partial charge in [0, 0.05) is 5.38 Å². The summed E-state index contributed by atoms with van der Waals surface area (Å²) in [6, 6.07) is 0. The number of alkyl halides is 1. The lowest BCUT2D eigenvalue weighted by Crippen LogP contribution is -1.71. The first-order chi connectivity index (χ1) is 2.84. The molecule has 0 saturated heterocycles. The van der Waals surface area contributed by atoms with E-state index in [1.54, 1.807) is 0 Å². The van der Waals surface area contributed by atoms with Crippen LogP contribution in [0.5, 0.6) is 0 Å². The standard InChI is InChI=1S/C5H8Cl/c1-2-4-3-5(4)6/h2,4-5H,3H2,1H3. The largest absolute Gasteiger partial charge is 0.123 e. The third-order valence-electron chi connectivity index (χ3n) is 1.19. The third kappa shape index (κ3) is 0.676. The first-order valence-electron chi connectivity index (χ1n) is 2.28. The Bertz CT molecular complexity index is 49.9. The van der Waals surface area contributed by atoms with Crippen molar-refractivity contribution in [3.8, 4) is 0 Å². The van der Waals surface area contributed by atoms with Gasteiger partial charge >= 0.3 is 0 Å². The predicted molar refractivity (Wildman–Crippen MR) is 27.7 cm³/mol. The Morgan fingerprint density at radius 2 is 2.33 bits per heavy atom. The lowest BCUT2D eigenvalue weighted by atomic mass is 10.3. The van der Waals surface area contributed by atoms with Crippen molar-refractivity contribution in [2.75, 3.05) is 0 Å². The molecule has 35 valence electrons. The highest BCUT2D eigenvalue weighted by Crippen LogP contribution is 2.37. The fraction of sp³-hybridized carbons (Fsp3) is 0.800. The Hall–Kier alpha value is 0.290. The van der Waals surface area contributed by atoms with Crippen molar-refractivity contribution in [2.24, 2.45) is 5.92 Å². The molecule has 1 fully saturated rings. The summed E-state index contributed by atoms with van der Waals surface area (Å²) in [6.07, 6.45) is 3.37. The maximum absolute atomic E-state index is 5.62. The summed E-state index contributed by atoms with van der Waals surface area (Å²) in [7, 11) is 0. The summed E-state index contributed by atoms with van der Waals surface area (Å²) >= 11 is 5.62. The Labute approximate surface area is 43.5 Å². The van der Waals surface area contributed by atoms with E-state index in [0.717, 1.165) is 5.92 Å². The zero-order valence-corrected chi connectivity index (χ0v) is 4.57. The maximum atomic E-state index is 5.62. The second kappa shape index (κ2) is 1.42. The minimum Gasteiger partial charge on any atom is -0.123 e. The highest BCUT2D eigenvalue weighted by atomic mass is 35.5. The smallest absolute Gasteiger partial charge is 0.0370 e. The summed E-state index contributed by atoms with van der Waals surface area (Å²) in [5, 5.41) is 0.481. The second-order valence-electron chi connectivity index (χ2n) is 1.75. The molecule has 0 N–H and O–H groups in total. The molecule has 6 heavy (non-hydrogen) atoms. The van der Waals surface area contributed by atoms with Gasteiger partial charge in [-0.1, -0.05) is 6.92 Å². The van der Waals surface area contributed by atoms with Crippen molar-refractivity contribution in [3.05, 3.63) is 6.42 Å². The molecule has 2 atom stereocenters. The van der Waals surface area contributed by atoms with Crippen molar-refractivity contribution in [1.29, 1.82) is 0 Å². The van der Waals surface area contributed by atoms with Crippen LogP contribution < -0.4 is 0 Å². The molecule has 1 aliphatic rings. The molecule has 1 aliphatic carbocycles. The van der Waals surface area contributed by atoms with Crippen LogP contribution >= 0.6 is 11.6 Å². The molecule has 0 nitrogen and oxygen atoms in total. The van der Waals surface area contributed by atoms with E-state index in [1.807, 2.05) is 0 Å². The summed E-state index contributed by atoms with van der Waals surface area (Å²) in [4.78, 5) is 0. The second-order valence-corrected chi connectivity index (χ2v) is 2.31. The average molecular weight is 104 g/mol. The van der Waals surface area contributed by atoms with Crippen LogP contribution in [0.1, 0.15) is 13.3 Å². The summed E-state index contributed by atoms with van der Waals surface area (Å²) in [5.41, 5.74) is 0. The monoisotopic (exact) mass is 103 g/mol. The van der Waals surface area contributed by atoms with E-state index in [9.17, 15) is 0 Å². The van der Waals surface area contributed by atoms with Gasteiger partial charge in [-0.3, -0.25) is 0 Å². The van der Waals surface area contributed by atoms with Gasteiger partial charge in [-0.25, -0.2) is 0 Å². The van der Waals surface area contributed by atoms with E-state index >= 15 is 0 Å². The third-order valence-corrected chi connectivity index (χ3v) is 1.69. The lowest BCUT2D eigenvalue weighted by Gasteiger charge is -1.76. The van der Waals surface area contributed by atoms with E-state index in [-0.39, 0.29) is 0 Å². The molecule has 0 aromatic rings. The van der Waals surface area contributed by atoms with Gasteiger partial charge < -0.3 is 0 Å². The minimum atomic E-state index is 0.481. The molecule has 0 aliphatic heterocycles. The topological polar surface area (TPSA) is 0 Å². The zero-order valence-electron chi connectivity index (χ0n) is 3.82. The molecule has 0 aromatic heterocycles. The normalized spacial score (nSPS) is 43.0. The summed E-state index contributed by atoms with van der Waals surface area (Å²) < 4.78 is 0. The van der Waals surface area contributed by atoms with Crippen LogP contribution in [0.2, 0.25) is 0 Å². The van der Waals surface area contributed by atoms with Crippen molar-refractivity contribution in [1.82, 2.24) is 0 Å². The Balaban J connectivity index is 2.09. The molecule has 1 heteroatoms. The van der Waals surface area contributed by atoms with Gasteiger partial charge in [-0.2, -0.15) is 0 Å². The van der Waals surface area contributed by atoms with Gasteiger partial charge in [0.1, 0.15) is 0 Å². The van der Waals surface area contributed by atoms with Gasteiger partial charge in [-0.15, -0.1) is 11.6 Å². The zero-order chi connectivity index (χ0) is 4.57. The van der Waals surface area contributed by atoms with Gasteiger partial charge in [0.25, 0.3) is 0 Å². The first kappa shape index (κ1) is 4.45. The molecule has 1 rings (SSSR count). The highest BCUT2D eigenvalue weighted by Gasteiger charge is 2.32. The Kier molecular flexibility index (Phi) is 1.05. The number of hydrogen-bond acceptors (Lipinski definition) is 0. The number of hydrogen-bond donors (Lipinski definition) is 0. The lowest BCUT2D eigenvalue weighted by molar-refractivity contribution is 1.00. The Morgan fingerprint density at radius 3 is 2.33 bits per heavy atom. The molecular weight excluding hydrogens is 95.5 g/mol. The minimum absolute atomic E-state index is 0.481. The molecule has 2 unspecified atom stereocenters. The van der Waals surface area contributed by atoms with Crippen LogP contribution in [-0.2, 0) is 0 Å². The average Bonchev–Trinajstić information content (AvgIpc) is 2.19.